The van der Waals surface area contributed by atoms with Gasteiger partial charge in [0.25, 0.3) is 0 Å². The van der Waals surface area contributed by atoms with Crippen LogP contribution < -0.4 is 10.2 Å². The molecule has 0 spiro atoms. The number of sulfone groups is 1. The molecule has 0 saturated carbocycles. The van der Waals surface area contributed by atoms with Crippen molar-refractivity contribution in [3.63, 3.8) is 0 Å². The molecule has 2 rings (SSSR count). The maximum absolute atomic E-state index is 12.3. The molecule has 0 aliphatic carbocycles. The molecule has 1 N–H and O–H groups in total. The van der Waals surface area contributed by atoms with Gasteiger partial charge >= 0.3 is 0 Å². The van der Waals surface area contributed by atoms with Crippen molar-refractivity contribution in [3.8, 4) is 0 Å². The molecule has 1 atom stereocenters. The Morgan fingerprint density at radius 1 is 1.50 bits per heavy atom. The number of halogens is 1. The summed E-state index contributed by atoms with van der Waals surface area (Å²) >= 11 is 3.40. The molecule has 1 aromatic rings. The molecule has 0 bridgehead atoms. The lowest BCUT2D eigenvalue weighted by Gasteiger charge is -2.34. The second-order valence-electron chi connectivity index (χ2n) is 4.52. The fraction of sp³-hybridized carbons (Fsp3) is 0.500. The third-order valence-corrected chi connectivity index (χ3v) is 5.87. The van der Waals surface area contributed by atoms with Gasteiger partial charge in [0, 0.05) is 24.1 Å². The quantitative estimate of drug-likeness (QED) is 0.914. The predicted octanol–water partition coefficient (Wildman–Crippen LogP) is 1.65. The summed E-state index contributed by atoms with van der Waals surface area (Å²) in [6.45, 7) is 3.96. The van der Waals surface area contributed by atoms with E-state index >= 15 is 0 Å². The molecular formula is C12H17BrN2O2S. The molecule has 1 aliphatic rings. The summed E-state index contributed by atoms with van der Waals surface area (Å²) in [5.41, 5.74) is 0.803. The monoisotopic (exact) mass is 332 g/mol. The molecule has 1 heterocycles. The second-order valence-corrected chi connectivity index (χ2v) is 7.77. The van der Waals surface area contributed by atoms with Gasteiger partial charge in [-0.1, -0.05) is 15.9 Å². The van der Waals surface area contributed by atoms with Crippen molar-refractivity contribution in [1.82, 2.24) is 5.32 Å². The SMILES string of the molecule is CNCCN1CC(C)S(=O)(=O)c2ccc(Br)cc21. The van der Waals surface area contributed by atoms with Crippen LogP contribution in [0.15, 0.2) is 27.6 Å². The molecular weight excluding hydrogens is 316 g/mol. The molecule has 6 heteroatoms. The van der Waals surface area contributed by atoms with Gasteiger partial charge < -0.3 is 10.2 Å². The first-order chi connectivity index (χ1) is 8.46. The van der Waals surface area contributed by atoms with E-state index in [0.717, 1.165) is 23.2 Å². The summed E-state index contributed by atoms with van der Waals surface area (Å²) in [7, 11) is -1.28. The van der Waals surface area contributed by atoms with E-state index in [1.807, 2.05) is 13.1 Å². The molecule has 0 amide bonds. The second kappa shape index (κ2) is 5.19. The maximum atomic E-state index is 12.3. The third-order valence-electron chi connectivity index (χ3n) is 3.21. The van der Waals surface area contributed by atoms with Crippen LogP contribution in [0.4, 0.5) is 5.69 Å². The fourth-order valence-corrected chi connectivity index (χ4v) is 4.06. The Bertz CT molecular complexity index is 545. The van der Waals surface area contributed by atoms with Gasteiger partial charge in [-0.25, -0.2) is 8.42 Å². The number of anilines is 1. The van der Waals surface area contributed by atoms with Gasteiger partial charge in [-0.3, -0.25) is 0 Å². The number of likely N-dealkylation sites (N-methyl/N-ethyl adjacent to an activating group) is 1. The first-order valence-corrected chi connectivity index (χ1v) is 8.23. The largest absolute Gasteiger partial charge is 0.368 e. The van der Waals surface area contributed by atoms with E-state index in [-0.39, 0.29) is 5.25 Å². The Labute approximate surface area is 116 Å². The normalized spacial score (nSPS) is 21.7. The highest BCUT2D eigenvalue weighted by molar-refractivity contribution is 9.10. The molecule has 1 unspecified atom stereocenters. The summed E-state index contributed by atoms with van der Waals surface area (Å²) in [6.07, 6.45) is 0. The van der Waals surface area contributed by atoms with Gasteiger partial charge in [0.05, 0.1) is 15.8 Å². The van der Waals surface area contributed by atoms with Crippen molar-refractivity contribution in [2.45, 2.75) is 17.1 Å². The van der Waals surface area contributed by atoms with Crippen LogP contribution in [0.25, 0.3) is 0 Å². The Hall–Kier alpha value is -0.590. The first kappa shape index (κ1) is 13.8. The lowest BCUT2D eigenvalue weighted by Crippen LogP contribution is -2.43. The van der Waals surface area contributed by atoms with E-state index in [0.29, 0.717) is 11.4 Å². The van der Waals surface area contributed by atoms with E-state index < -0.39 is 9.84 Å². The summed E-state index contributed by atoms with van der Waals surface area (Å²) < 4.78 is 25.5. The van der Waals surface area contributed by atoms with E-state index in [1.165, 1.54) is 0 Å². The average Bonchev–Trinajstić information content (AvgIpc) is 2.32. The van der Waals surface area contributed by atoms with E-state index in [4.69, 9.17) is 0 Å². The smallest absolute Gasteiger partial charge is 0.184 e. The zero-order valence-corrected chi connectivity index (χ0v) is 12.9. The van der Waals surface area contributed by atoms with Crippen LogP contribution in [0.3, 0.4) is 0 Å². The Balaban J connectivity index is 2.48. The summed E-state index contributed by atoms with van der Waals surface area (Å²) in [5.74, 6) is 0. The van der Waals surface area contributed by atoms with Gasteiger partial charge in [0.1, 0.15) is 0 Å². The van der Waals surface area contributed by atoms with Crippen LogP contribution in [-0.4, -0.2) is 40.3 Å². The molecule has 1 aromatic carbocycles. The number of hydrogen-bond acceptors (Lipinski definition) is 4. The lowest BCUT2D eigenvalue weighted by atomic mass is 10.2. The molecule has 0 fully saturated rings. The predicted molar refractivity (Wildman–Crippen MR) is 76.9 cm³/mol. The van der Waals surface area contributed by atoms with Crippen LogP contribution >= 0.6 is 15.9 Å². The van der Waals surface area contributed by atoms with Gasteiger partial charge in [-0.2, -0.15) is 0 Å². The first-order valence-electron chi connectivity index (χ1n) is 5.90. The summed E-state index contributed by atoms with van der Waals surface area (Å²) in [5, 5.41) is 2.73. The van der Waals surface area contributed by atoms with Gasteiger partial charge in [0.15, 0.2) is 9.84 Å². The van der Waals surface area contributed by atoms with Crippen LogP contribution in [0.2, 0.25) is 0 Å². The maximum Gasteiger partial charge on any atom is 0.184 e. The van der Waals surface area contributed by atoms with E-state index in [2.05, 4.69) is 26.1 Å². The molecule has 0 aromatic heterocycles. The van der Waals surface area contributed by atoms with Gasteiger partial charge in [-0.15, -0.1) is 0 Å². The highest BCUT2D eigenvalue weighted by Gasteiger charge is 2.34. The highest BCUT2D eigenvalue weighted by atomic mass is 79.9. The minimum atomic E-state index is -3.18. The van der Waals surface area contributed by atoms with Gasteiger partial charge in [0.2, 0.25) is 0 Å². The number of rotatable bonds is 3. The lowest BCUT2D eigenvalue weighted by molar-refractivity contribution is 0.571. The molecule has 0 saturated heterocycles. The molecule has 0 radical (unpaired) electrons. The third kappa shape index (κ3) is 2.41. The van der Waals surface area contributed by atoms with E-state index in [9.17, 15) is 8.42 Å². The topological polar surface area (TPSA) is 49.4 Å². The molecule has 1 aliphatic heterocycles. The van der Waals surface area contributed by atoms with E-state index in [1.54, 1.807) is 19.1 Å². The Kier molecular flexibility index (Phi) is 3.99. The van der Waals surface area contributed by atoms with Crippen molar-refractivity contribution >= 4 is 31.5 Å². The fourth-order valence-electron chi connectivity index (χ4n) is 2.16. The number of nitrogens with one attached hydrogen (secondary N) is 1. The number of fused-ring (bicyclic) bond motifs is 1. The molecule has 100 valence electrons. The minimum Gasteiger partial charge on any atom is -0.368 e. The number of benzene rings is 1. The molecule has 18 heavy (non-hydrogen) atoms. The van der Waals surface area contributed by atoms with Crippen molar-refractivity contribution in [2.24, 2.45) is 0 Å². The zero-order chi connectivity index (χ0) is 13.3. The van der Waals surface area contributed by atoms with Crippen molar-refractivity contribution < 1.29 is 8.42 Å². The van der Waals surface area contributed by atoms with Crippen molar-refractivity contribution in [2.75, 3.05) is 31.6 Å². The van der Waals surface area contributed by atoms with Crippen molar-refractivity contribution in [3.05, 3.63) is 22.7 Å². The van der Waals surface area contributed by atoms with Crippen molar-refractivity contribution in [1.29, 1.82) is 0 Å². The summed E-state index contributed by atoms with van der Waals surface area (Å²) in [6, 6.07) is 5.36. The van der Waals surface area contributed by atoms with Gasteiger partial charge in [-0.05, 0) is 32.2 Å². The summed E-state index contributed by atoms with van der Waals surface area (Å²) in [4.78, 5) is 2.57. The zero-order valence-electron chi connectivity index (χ0n) is 10.5. The van der Waals surface area contributed by atoms with Crippen LogP contribution in [0, 0.1) is 0 Å². The van der Waals surface area contributed by atoms with Crippen LogP contribution in [0.1, 0.15) is 6.92 Å². The number of nitrogens with zero attached hydrogens (tertiary/aromatic N) is 1. The Morgan fingerprint density at radius 2 is 2.22 bits per heavy atom. The van der Waals surface area contributed by atoms with Crippen LogP contribution in [0.5, 0.6) is 0 Å². The minimum absolute atomic E-state index is 0.358. The highest BCUT2D eigenvalue weighted by Crippen LogP contribution is 2.35. The average molecular weight is 333 g/mol. The van der Waals surface area contributed by atoms with Crippen LogP contribution in [-0.2, 0) is 9.84 Å². The Morgan fingerprint density at radius 3 is 2.89 bits per heavy atom. The number of hydrogen-bond donors (Lipinski definition) is 1. The standard InChI is InChI=1S/C12H17BrN2O2S/c1-9-8-15(6-5-14-2)11-7-10(13)3-4-12(11)18(9,16)17/h3-4,7,9,14H,5-6,8H2,1-2H3. The molecule has 4 nitrogen and oxygen atoms in total.